The molecule has 0 aliphatic heterocycles. The number of rotatable bonds is 3. The smallest absolute Gasteiger partial charge is 0.132 e. The normalized spacial score (nSPS) is 10.4. The molecule has 0 aromatic carbocycles. The zero-order valence-electron chi connectivity index (χ0n) is 10.0. The van der Waals surface area contributed by atoms with E-state index in [0.717, 1.165) is 23.6 Å². The lowest BCUT2D eigenvalue weighted by molar-refractivity contribution is 0.660. The average molecular weight is 229 g/mol. The van der Waals surface area contributed by atoms with Crippen LogP contribution < -0.4 is 5.73 Å². The molecule has 0 fully saturated rings. The standard InChI is InChI=1S/C12H15N5/c1-4-6-17-9(3)15-11(12(17)13)10-7-14-16(5-2)8-10/h1,7-8H,5-6,13H2,2-3H3. The van der Waals surface area contributed by atoms with Crippen LogP contribution in [0, 0.1) is 19.3 Å². The summed E-state index contributed by atoms with van der Waals surface area (Å²) in [4.78, 5) is 4.44. The molecule has 0 radical (unpaired) electrons. The molecule has 2 rings (SSSR count). The van der Waals surface area contributed by atoms with Gasteiger partial charge in [-0.1, -0.05) is 5.92 Å². The number of hydrogen-bond donors (Lipinski definition) is 1. The molecule has 0 spiro atoms. The van der Waals surface area contributed by atoms with E-state index in [1.807, 2.05) is 29.3 Å². The Hall–Kier alpha value is -2.22. The highest BCUT2D eigenvalue weighted by Crippen LogP contribution is 2.25. The van der Waals surface area contributed by atoms with Crippen molar-refractivity contribution in [1.29, 1.82) is 0 Å². The molecular weight excluding hydrogens is 214 g/mol. The first kappa shape index (κ1) is 11.3. The summed E-state index contributed by atoms with van der Waals surface area (Å²) in [6.07, 6.45) is 9.00. The Balaban J connectivity index is 2.46. The number of nitrogen functional groups attached to an aromatic ring is 1. The lowest BCUT2D eigenvalue weighted by atomic mass is 10.2. The number of hydrogen-bond acceptors (Lipinski definition) is 3. The minimum atomic E-state index is 0.437. The minimum absolute atomic E-state index is 0.437. The van der Waals surface area contributed by atoms with Gasteiger partial charge in [-0.05, 0) is 13.8 Å². The van der Waals surface area contributed by atoms with E-state index in [2.05, 4.69) is 16.0 Å². The van der Waals surface area contributed by atoms with Crippen LogP contribution in [0.5, 0.6) is 0 Å². The van der Waals surface area contributed by atoms with Crippen LogP contribution in [-0.2, 0) is 13.1 Å². The molecule has 2 heterocycles. The largest absolute Gasteiger partial charge is 0.383 e. The van der Waals surface area contributed by atoms with Gasteiger partial charge < -0.3 is 10.3 Å². The molecule has 0 amide bonds. The van der Waals surface area contributed by atoms with Gasteiger partial charge >= 0.3 is 0 Å². The summed E-state index contributed by atoms with van der Waals surface area (Å²) >= 11 is 0. The number of aryl methyl sites for hydroxylation is 2. The molecule has 5 heteroatoms. The lowest BCUT2D eigenvalue weighted by Crippen LogP contribution is -2.03. The third-order valence-electron chi connectivity index (χ3n) is 2.68. The van der Waals surface area contributed by atoms with Gasteiger partial charge in [0, 0.05) is 18.3 Å². The summed E-state index contributed by atoms with van der Waals surface area (Å²) < 4.78 is 3.66. The van der Waals surface area contributed by atoms with E-state index in [-0.39, 0.29) is 0 Å². The SMILES string of the molecule is C#CCn1c(C)nc(-c2cnn(CC)c2)c1N. The summed E-state index contributed by atoms with van der Waals surface area (Å²) in [7, 11) is 0. The zero-order chi connectivity index (χ0) is 12.4. The molecule has 0 unspecified atom stereocenters. The first-order valence-electron chi connectivity index (χ1n) is 5.46. The average Bonchev–Trinajstić information content (AvgIpc) is 2.89. The summed E-state index contributed by atoms with van der Waals surface area (Å²) in [5, 5.41) is 4.21. The quantitative estimate of drug-likeness (QED) is 0.807. The third kappa shape index (κ3) is 1.89. The molecule has 0 aliphatic carbocycles. The molecule has 2 aromatic heterocycles. The highest BCUT2D eigenvalue weighted by atomic mass is 15.3. The van der Waals surface area contributed by atoms with Gasteiger partial charge in [-0.15, -0.1) is 6.42 Å². The van der Waals surface area contributed by atoms with Crippen LogP contribution in [0.3, 0.4) is 0 Å². The minimum Gasteiger partial charge on any atom is -0.383 e. The van der Waals surface area contributed by atoms with Gasteiger partial charge in [0.2, 0.25) is 0 Å². The van der Waals surface area contributed by atoms with Crippen LogP contribution in [-0.4, -0.2) is 19.3 Å². The summed E-state index contributed by atoms with van der Waals surface area (Å²) in [5.74, 6) is 3.98. The number of nitrogens with zero attached hydrogens (tertiary/aromatic N) is 4. The second kappa shape index (κ2) is 4.34. The number of anilines is 1. The van der Waals surface area contributed by atoms with Crippen molar-refractivity contribution in [3.05, 3.63) is 18.2 Å². The van der Waals surface area contributed by atoms with Crippen LogP contribution in [0.15, 0.2) is 12.4 Å². The van der Waals surface area contributed by atoms with E-state index in [0.29, 0.717) is 12.4 Å². The maximum absolute atomic E-state index is 6.04. The molecule has 17 heavy (non-hydrogen) atoms. The molecule has 0 saturated carbocycles. The fourth-order valence-electron chi connectivity index (χ4n) is 1.74. The van der Waals surface area contributed by atoms with Gasteiger partial charge in [-0.2, -0.15) is 5.10 Å². The monoisotopic (exact) mass is 229 g/mol. The van der Waals surface area contributed by atoms with E-state index in [1.54, 1.807) is 6.20 Å². The number of aromatic nitrogens is 4. The zero-order valence-corrected chi connectivity index (χ0v) is 10.0. The van der Waals surface area contributed by atoms with Gasteiger partial charge in [0.25, 0.3) is 0 Å². The lowest BCUT2D eigenvalue weighted by Gasteiger charge is -2.01. The van der Waals surface area contributed by atoms with E-state index >= 15 is 0 Å². The van der Waals surface area contributed by atoms with Gasteiger partial charge in [-0.25, -0.2) is 4.98 Å². The fourth-order valence-corrected chi connectivity index (χ4v) is 1.74. The second-order valence-corrected chi connectivity index (χ2v) is 3.77. The summed E-state index contributed by atoms with van der Waals surface area (Å²) in [6.45, 7) is 5.18. The van der Waals surface area contributed by atoms with Crippen LogP contribution in [0.2, 0.25) is 0 Å². The second-order valence-electron chi connectivity index (χ2n) is 3.77. The van der Waals surface area contributed by atoms with Crippen molar-refractivity contribution in [2.75, 3.05) is 5.73 Å². The van der Waals surface area contributed by atoms with Gasteiger partial charge in [0.05, 0.1) is 12.7 Å². The van der Waals surface area contributed by atoms with E-state index in [9.17, 15) is 0 Å². The van der Waals surface area contributed by atoms with Crippen molar-refractivity contribution in [2.45, 2.75) is 26.9 Å². The molecular formula is C12H15N5. The van der Waals surface area contributed by atoms with Crippen molar-refractivity contribution in [3.63, 3.8) is 0 Å². The van der Waals surface area contributed by atoms with Gasteiger partial charge in [-0.3, -0.25) is 4.68 Å². The number of imidazole rings is 1. The van der Waals surface area contributed by atoms with Crippen LogP contribution >= 0.6 is 0 Å². The van der Waals surface area contributed by atoms with Crippen molar-refractivity contribution in [1.82, 2.24) is 19.3 Å². The number of nitrogens with two attached hydrogens (primary N) is 1. The molecule has 88 valence electrons. The number of terminal acetylenes is 1. The van der Waals surface area contributed by atoms with Crippen molar-refractivity contribution in [2.24, 2.45) is 0 Å². The molecule has 0 atom stereocenters. The van der Waals surface area contributed by atoms with Crippen molar-refractivity contribution in [3.8, 4) is 23.6 Å². The third-order valence-corrected chi connectivity index (χ3v) is 2.68. The van der Waals surface area contributed by atoms with E-state index < -0.39 is 0 Å². The summed E-state index contributed by atoms with van der Waals surface area (Å²) in [5.41, 5.74) is 7.71. The maximum atomic E-state index is 6.04. The Morgan fingerprint density at radius 1 is 1.53 bits per heavy atom. The molecule has 5 nitrogen and oxygen atoms in total. The Morgan fingerprint density at radius 3 is 2.88 bits per heavy atom. The predicted octanol–water partition coefficient (Wildman–Crippen LogP) is 1.29. The van der Waals surface area contributed by atoms with Gasteiger partial charge in [0.15, 0.2) is 0 Å². The Kier molecular flexibility index (Phi) is 2.88. The highest BCUT2D eigenvalue weighted by Gasteiger charge is 2.14. The van der Waals surface area contributed by atoms with Crippen LogP contribution in [0.4, 0.5) is 5.82 Å². The Bertz CT molecular complexity index is 570. The molecule has 0 saturated heterocycles. The highest BCUT2D eigenvalue weighted by molar-refractivity contribution is 5.70. The van der Waals surface area contributed by atoms with Crippen LogP contribution in [0.1, 0.15) is 12.7 Å². The summed E-state index contributed by atoms with van der Waals surface area (Å²) in [6, 6.07) is 0. The first-order chi connectivity index (χ1) is 8.17. The first-order valence-corrected chi connectivity index (χ1v) is 5.46. The van der Waals surface area contributed by atoms with Gasteiger partial charge in [0.1, 0.15) is 17.3 Å². The van der Waals surface area contributed by atoms with E-state index in [4.69, 9.17) is 12.2 Å². The van der Waals surface area contributed by atoms with Crippen LogP contribution in [0.25, 0.3) is 11.3 Å². The fraction of sp³-hybridized carbons (Fsp3) is 0.333. The van der Waals surface area contributed by atoms with Crippen molar-refractivity contribution < 1.29 is 0 Å². The Labute approximate surface area is 100 Å². The maximum Gasteiger partial charge on any atom is 0.132 e. The molecule has 2 aromatic rings. The van der Waals surface area contributed by atoms with E-state index in [1.165, 1.54) is 0 Å². The molecule has 0 bridgehead atoms. The molecule has 0 aliphatic rings. The Morgan fingerprint density at radius 2 is 2.29 bits per heavy atom. The molecule has 2 N–H and O–H groups in total. The topological polar surface area (TPSA) is 61.7 Å². The predicted molar refractivity (Wildman–Crippen MR) is 67.1 cm³/mol. The van der Waals surface area contributed by atoms with Crippen molar-refractivity contribution >= 4 is 5.82 Å².